The Balaban J connectivity index is 1.34. The fraction of sp³-hybridized carbons (Fsp3) is 0.381. The highest BCUT2D eigenvalue weighted by molar-refractivity contribution is 7.07. The Morgan fingerprint density at radius 3 is 2.75 bits per heavy atom. The molecule has 1 aliphatic rings. The number of nitrogens with zero attached hydrogens (tertiary/aromatic N) is 3. The minimum atomic E-state index is -0.0568. The van der Waals surface area contributed by atoms with Crippen molar-refractivity contribution in [1.29, 1.82) is 0 Å². The molecule has 2 aromatic heterocycles. The average Bonchev–Trinajstić information content (AvgIpc) is 3.23. The van der Waals surface area contributed by atoms with Gasteiger partial charge in [0.2, 0.25) is 5.91 Å². The molecule has 28 heavy (non-hydrogen) atoms. The Bertz CT molecular complexity index is 1020. The van der Waals surface area contributed by atoms with E-state index in [9.17, 15) is 9.59 Å². The van der Waals surface area contributed by atoms with Gasteiger partial charge in [0.05, 0.1) is 37.1 Å². The minimum absolute atomic E-state index is 0.0568. The van der Waals surface area contributed by atoms with Gasteiger partial charge in [-0.25, -0.2) is 4.98 Å². The lowest BCUT2D eigenvalue weighted by atomic mass is 10.2. The van der Waals surface area contributed by atoms with Gasteiger partial charge in [0, 0.05) is 25.5 Å². The van der Waals surface area contributed by atoms with E-state index in [2.05, 4.69) is 21.8 Å². The summed E-state index contributed by atoms with van der Waals surface area (Å²) in [7, 11) is 1.73. The average molecular weight is 398 g/mol. The van der Waals surface area contributed by atoms with Gasteiger partial charge in [-0.1, -0.05) is 12.1 Å². The van der Waals surface area contributed by atoms with Crippen LogP contribution >= 0.6 is 11.3 Å². The van der Waals surface area contributed by atoms with Crippen LogP contribution in [-0.4, -0.2) is 46.5 Å². The molecule has 1 aromatic carbocycles. The van der Waals surface area contributed by atoms with Gasteiger partial charge in [0.1, 0.15) is 12.4 Å². The molecule has 3 aromatic rings. The highest BCUT2D eigenvalue weighted by Crippen LogP contribution is 2.09. The molecule has 1 amide bonds. The van der Waals surface area contributed by atoms with Crippen molar-refractivity contribution in [1.82, 2.24) is 14.5 Å². The second-order valence-corrected chi connectivity index (χ2v) is 8.13. The number of hydrogen-bond acceptors (Lipinski definition) is 4. The van der Waals surface area contributed by atoms with Crippen molar-refractivity contribution in [3.05, 3.63) is 62.8 Å². The molecule has 146 valence electrons. The summed E-state index contributed by atoms with van der Waals surface area (Å²) in [5, 5.41) is 4.93. The predicted molar refractivity (Wildman–Crippen MR) is 111 cm³/mol. The molecule has 4 rings (SSSR count). The Kier molecular flexibility index (Phi) is 5.54. The third kappa shape index (κ3) is 4.00. The van der Waals surface area contributed by atoms with Crippen molar-refractivity contribution in [2.24, 2.45) is 7.05 Å². The number of quaternary nitrogens is 1. The van der Waals surface area contributed by atoms with E-state index < -0.39 is 0 Å². The van der Waals surface area contributed by atoms with Crippen LogP contribution in [0.5, 0.6) is 0 Å². The summed E-state index contributed by atoms with van der Waals surface area (Å²) in [5.74, 6) is 0.816. The van der Waals surface area contributed by atoms with Gasteiger partial charge in [-0.05, 0) is 29.0 Å². The van der Waals surface area contributed by atoms with Gasteiger partial charge in [-0.3, -0.25) is 14.2 Å². The van der Waals surface area contributed by atoms with Crippen LogP contribution in [0.3, 0.4) is 0 Å². The maximum atomic E-state index is 12.7. The second kappa shape index (κ2) is 8.24. The Morgan fingerprint density at radius 1 is 1.21 bits per heavy atom. The quantitative estimate of drug-likeness (QED) is 0.695. The predicted octanol–water partition coefficient (Wildman–Crippen LogP) is 0.855. The number of hydrogen-bond donors (Lipinski definition) is 1. The van der Waals surface area contributed by atoms with Gasteiger partial charge >= 0.3 is 0 Å². The van der Waals surface area contributed by atoms with E-state index in [-0.39, 0.29) is 11.5 Å². The van der Waals surface area contributed by atoms with Gasteiger partial charge in [0.25, 0.3) is 5.56 Å². The van der Waals surface area contributed by atoms with E-state index in [0.29, 0.717) is 29.6 Å². The number of carbonyl (C=O) groups excluding carboxylic acids is 1. The topological polar surface area (TPSA) is 59.6 Å². The second-order valence-electron chi connectivity index (χ2n) is 7.35. The molecule has 0 radical (unpaired) electrons. The molecule has 1 N–H and O–H groups in total. The summed E-state index contributed by atoms with van der Waals surface area (Å²) in [4.78, 5) is 33.2. The van der Waals surface area contributed by atoms with Crippen molar-refractivity contribution < 1.29 is 9.69 Å². The first-order valence-electron chi connectivity index (χ1n) is 9.69. The summed E-state index contributed by atoms with van der Waals surface area (Å²) in [5.41, 5.74) is 2.01. The largest absolute Gasteiger partial charge is 0.331 e. The SMILES string of the molecule is Cn1c(CCC(=O)N2CC[NH+](Cc3ccsc3)CC2)nc2ccccc2c1=O. The van der Waals surface area contributed by atoms with E-state index in [4.69, 9.17) is 0 Å². The normalized spacial score (nSPS) is 15.2. The third-order valence-electron chi connectivity index (χ3n) is 5.50. The number of piperazine rings is 1. The maximum Gasteiger partial charge on any atom is 0.261 e. The van der Waals surface area contributed by atoms with Gasteiger partial charge in [-0.15, -0.1) is 0 Å². The van der Waals surface area contributed by atoms with E-state index in [1.54, 1.807) is 29.0 Å². The van der Waals surface area contributed by atoms with Crippen LogP contribution in [0.25, 0.3) is 10.9 Å². The first-order valence-corrected chi connectivity index (χ1v) is 10.6. The van der Waals surface area contributed by atoms with Crippen LogP contribution in [0.1, 0.15) is 17.8 Å². The number of rotatable bonds is 5. The summed E-state index contributed by atoms with van der Waals surface area (Å²) >= 11 is 1.73. The first-order chi connectivity index (χ1) is 13.6. The van der Waals surface area contributed by atoms with Crippen LogP contribution in [0.4, 0.5) is 0 Å². The van der Waals surface area contributed by atoms with Crippen LogP contribution < -0.4 is 10.5 Å². The number of nitrogens with one attached hydrogen (secondary N) is 1. The molecule has 1 aliphatic heterocycles. The zero-order chi connectivity index (χ0) is 19.5. The Hall–Kier alpha value is -2.51. The third-order valence-corrected chi connectivity index (χ3v) is 6.23. The summed E-state index contributed by atoms with van der Waals surface area (Å²) in [6, 6.07) is 9.53. The van der Waals surface area contributed by atoms with Crippen molar-refractivity contribution in [2.45, 2.75) is 19.4 Å². The fourth-order valence-electron chi connectivity index (χ4n) is 3.80. The summed E-state index contributed by atoms with van der Waals surface area (Å²) in [6.07, 6.45) is 0.871. The van der Waals surface area contributed by atoms with E-state index >= 15 is 0 Å². The molecule has 0 unspecified atom stereocenters. The van der Waals surface area contributed by atoms with Crippen LogP contribution in [0.15, 0.2) is 45.9 Å². The molecule has 6 nitrogen and oxygen atoms in total. The molecule has 1 fully saturated rings. The highest BCUT2D eigenvalue weighted by Gasteiger charge is 2.24. The summed E-state index contributed by atoms with van der Waals surface area (Å²) < 4.78 is 1.57. The van der Waals surface area contributed by atoms with Crippen molar-refractivity contribution in [2.75, 3.05) is 26.2 Å². The number of thiophene rings is 1. The van der Waals surface area contributed by atoms with Gasteiger partial charge in [0.15, 0.2) is 0 Å². The smallest absolute Gasteiger partial charge is 0.261 e. The van der Waals surface area contributed by atoms with Crippen LogP contribution in [-0.2, 0) is 24.8 Å². The lowest BCUT2D eigenvalue weighted by molar-refractivity contribution is -0.917. The van der Waals surface area contributed by atoms with Gasteiger partial charge < -0.3 is 9.80 Å². The molecule has 3 heterocycles. The highest BCUT2D eigenvalue weighted by atomic mass is 32.1. The molecule has 0 saturated carbocycles. The molecule has 1 saturated heterocycles. The molecule has 0 aliphatic carbocycles. The van der Waals surface area contributed by atoms with Gasteiger partial charge in [-0.2, -0.15) is 11.3 Å². The number of aryl methyl sites for hydroxylation is 1. The number of carbonyl (C=O) groups is 1. The van der Waals surface area contributed by atoms with Crippen LogP contribution in [0, 0.1) is 0 Å². The minimum Gasteiger partial charge on any atom is -0.331 e. The zero-order valence-electron chi connectivity index (χ0n) is 16.1. The monoisotopic (exact) mass is 397 g/mol. The van der Waals surface area contributed by atoms with E-state index in [0.717, 1.165) is 32.7 Å². The number of fused-ring (bicyclic) bond motifs is 1. The standard InChI is InChI=1S/C21H24N4O2S/c1-23-19(22-18-5-3-2-4-17(18)21(23)27)6-7-20(26)25-11-9-24(10-12-25)14-16-8-13-28-15-16/h2-5,8,13,15H,6-7,9-12,14H2,1H3/p+1. The van der Waals surface area contributed by atoms with Crippen molar-refractivity contribution in [3.63, 3.8) is 0 Å². The molecular formula is C21H25N4O2S+. The van der Waals surface area contributed by atoms with E-state index in [1.165, 1.54) is 10.5 Å². The molecule has 7 heteroatoms. The molecule has 0 atom stereocenters. The Morgan fingerprint density at radius 2 is 2.00 bits per heavy atom. The number of amides is 1. The molecule has 0 bridgehead atoms. The fourth-order valence-corrected chi connectivity index (χ4v) is 4.46. The van der Waals surface area contributed by atoms with Crippen molar-refractivity contribution >= 4 is 28.1 Å². The number of benzene rings is 1. The Labute approximate surface area is 168 Å². The zero-order valence-corrected chi connectivity index (χ0v) is 16.9. The van der Waals surface area contributed by atoms with Crippen LogP contribution in [0.2, 0.25) is 0 Å². The number of para-hydroxylation sites is 1. The maximum absolute atomic E-state index is 12.7. The van der Waals surface area contributed by atoms with Crippen molar-refractivity contribution in [3.8, 4) is 0 Å². The number of aromatic nitrogens is 2. The summed E-state index contributed by atoms with van der Waals surface area (Å²) in [6.45, 7) is 4.59. The lowest BCUT2D eigenvalue weighted by Gasteiger charge is -2.32. The van der Waals surface area contributed by atoms with E-state index in [1.807, 2.05) is 23.1 Å². The molecule has 0 spiro atoms. The molecular weight excluding hydrogens is 372 g/mol. The lowest BCUT2D eigenvalue weighted by Crippen LogP contribution is -3.13. The first kappa shape index (κ1) is 18.8.